The molecule has 0 radical (unpaired) electrons. The van der Waals surface area contributed by atoms with Gasteiger partial charge in [0.25, 0.3) is 0 Å². The zero-order valence-corrected chi connectivity index (χ0v) is 12.9. The number of hydrazine groups is 1. The summed E-state index contributed by atoms with van der Waals surface area (Å²) in [5, 5.41) is 4.12. The van der Waals surface area contributed by atoms with Crippen molar-refractivity contribution in [3.63, 3.8) is 0 Å². The SMILES string of the molecule is Cc1cccc(-c2noc(C3CC(c4ccccc4)NN3)n2)c1. The maximum absolute atomic E-state index is 5.46. The second-order valence-electron chi connectivity index (χ2n) is 5.87. The summed E-state index contributed by atoms with van der Waals surface area (Å²) in [6.45, 7) is 2.05. The number of aromatic nitrogens is 2. The van der Waals surface area contributed by atoms with E-state index in [1.54, 1.807) is 0 Å². The highest BCUT2D eigenvalue weighted by atomic mass is 16.5. The van der Waals surface area contributed by atoms with Crippen LogP contribution in [-0.4, -0.2) is 10.1 Å². The van der Waals surface area contributed by atoms with E-state index < -0.39 is 0 Å². The molecular weight excluding hydrogens is 288 g/mol. The van der Waals surface area contributed by atoms with Crippen molar-refractivity contribution in [3.8, 4) is 11.4 Å². The summed E-state index contributed by atoms with van der Waals surface area (Å²) in [6.07, 6.45) is 0.874. The van der Waals surface area contributed by atoms with Gasteiger partial charge in [0.1, 0.15) is 6.04 Å². The number of rotatable bonds is 3. The van der Waals surface area contributed by atoms with Crippen molar-refractivity contribution in [2.24, 2.45) is 0 Å². The molecule has 1 aliphatic rings. The van der Waals surface area contributed by atoms with Crippen LogP contribution in [0.1, 0.15) is 35.5 Å². The molecule has 5 nitrogen and oxygen atoms in total. The molecule has 0 bridgehead atoms. The molecule has 3 aromatic rings. The molecule has 0 saturated carbocycles. The monoisotopic (exact) mass is 306 g/mol. The third kappa shape index (κ3) is 2.88. The molecule has 0 amide bonds. The molecule has 2 heterocycles. The Morgan fingerprint density at radius 1 is 1.00 bits per heavy atom. The Morgan fingerprint density at radius 2 is 1.83 bits per heavy atom. The molecule has 2 aromatic carbocycles. The van der Waals surface area contributed by atoms with Crippen LogP contribution in [0.25, 0.3) is 11.4 Å². The van der Waals surface area contributed by atoms with Crippen molar-refractivity contribution < 1.29 is 4.52 Å². The molecular formula is C18H18N4O. The van der Waals surface area contributed by atoms with Gasteiger partial charge in [-0.2, -0.15) is 4.98 Å². The fourth-order valence-corrected chi connectivity index (χ4v) is 2.90. The first kappa shape index (κ1) is 14.1. The Bertz CT molecular complexity index is 800. The fraction of sp³-hybridized carbons (Fsp3) is 0.222. The molecule has 1 aliphatic heterocycles. The number of benzene rings is 2. The van der Waals surface area contributed by atoms with E-state index in [1.807, 2.05) is 30.3 Å². The molecule has 2 unspecified atom stereocenters. The Balaban J connectivity index is 1.52. The Labute approximate surface area is 134 Å². The minimum atomic E-state index is 0.0197. The van der Waals surface area contributed by atoms with Crippen molar-refractivity contribution in [2.45, 2.75) is 25.4 Å². The number of nitrogens with one attached hydrogen (secondary N) is 2. The smallest absolute Gasteiger partial charge is 0.245 e. The Morgan fingerprint density at radius 3 is 2.65 bits per heavy atom. The van der Waals surface area contributed by atoms with E-state index >= 15 is 0 Å². The molecule has 0 spiro atoms. The zero-order valence-electron chi connectivity index (χ0n) is 12.9. The van der Waals surface area contributed by atoms with E-state index in [0.29, 0.717) is 11.7 Å². The van der Waals surface area contributed by atoms with Crippen molar-refractivity contribution >= 4 is 0 Å². The largest absolute Gasteiger partial charge is 0.337 e. The molecule has 116 valence electrons. The third-order valence-electron chi connectivity index (χ3n) is 4.12. The van der Waals surface area contributed by atoms with Crippen LogP contribution in [0.4, 0.5) is 0 Å². The minimum Gasteiger partial charge on any atom is -0.337 e. The second-order valence-corrected chi connectivity index (χ2v) is 5.87. The molecule has 2 N–H and O–H groups in total. The zero-order chi connectivity index (χ0) is 15.6. The van der Waals surface area contributed by atoms with Gasteiger partial charge in [-0.15, -0.1) is 0 Å². The first-order chi connectivity index (χ1) is 11.3. The summed E-state index contributed by atoms with van der Waals surface area (Å²) in [7, 11) is 0. The molecule has 2 atom stereocenters. The molecule has 1 fully saturated rings. The number of hydrogen-bond acceptors (Lipinski definition) is 5. The van der Waals surface area contributed by atoms with Gasteiger partial charge in [0.15, 0.2) is 0 Å². The van der Waals surface area contributed by atoms with Gasteiger partial charge >= 0.3 is 0 Å². The number of aryl methyl sites for hydroxylation is 1. The molecule has 0 aliphatic carbocycles. The lowest BCUT2D eigenvalue weighted by atomic mass is 10.0. The van der Waals surface area contributed by atoms with E-state index in [2.05, 4.69) is 52.2 Å². The highest BCUT2D eigenvalue weighted by Crippen LogP contribution is 2.30. The van der Waals surface area contributed by atoms with Crippen molar-refractivity contribution in [1.29, 1.82) is 0 Å². The van der Waals surface area contributed by atoms with Crippen molar-refractivity contribution in [1.82, 2.24) is 21.0 Å². The summed E-state index contributed by atoms with van der Waals surface area (Å²) in [5.41, 5.74) is 9.96. The summed E-state index contributed by atoms with van der Waals surface area (Å²) < 4.78 is 5.46. The lowest BCUT2D eigenvalue weighted by Crippen LogP contribution is -2.26. The molecule has 1 aromatic heterocycles. The van der Waals surface area contributed by atoms with E-state index in [1.165, 1.54) is 11.1 Å². The van der Waals surface area contributed by atoms with Gasteiger partial charge in [-0.05, 0) is 25.0 Å². The fourth-order valence-electron chi connectivity index (χ4n) is 2.90. The minimum absolute atomic E-state index is 0.0197. The maximum Gasteiger partial charge on any atom is 0.245 e. The van der Waals surface area contributed by atoms with Gasteiger partial charge in [-0.3, -0.25) is 0 Å². The lowest BCUT2D eigenvalue weighted by Gasteiger charge is -2.08. The van der Waals surface area contributed by atoms with Crippen LogP contribution in [0.3, 0.4) is 0 Å². The maximum atomic E-state index is 5.46. The van der Waals surface area contributed by atoms with Gasteiger partial charge in [0.05, 0.1) is 0 Å². The quantitative estimate of drug-likeness (QED) is 0.777. The average molecular weight is 306 g/mol. The molecule has 1 saturated heterocycles. The summed E-state index contributed by atoms with van der Waals surface area (Å²) in [4.78, 5) is 4.55. The highest BCUT2D eigenvalue weighted by molar-refractivity contribution is 5.55. The predicted octanol–water partition coefficient (Wildman–Crippen LogP) is 3.33. The van der Waals surface area contributed by atoms with Crippen LogP contribution >= 0.6 is 0 Å². The van der Waals surface area contributed by atoms with Crippen LogP contribution < -0.4 is 10.9 Å². The predicted molar refractivity (Wildman–Crippen MR) is 87.3 cm³/mol. The van der Waals surface area contributed by atoms with Gasteiger partial charge in [0, 0.05) is 11.6 Å². The molecule has 4 rings (SSSR count). The summed E-state index contributed by atoms with van der Waals surface area (Å²) >= 11 is 0. The van der Waals surface area contributed by atoms with E-state index in [9.17, 15) is 0 Å². The average Bonchev–Trinajstić information content (AvgIpc) is 3.25. The van der Waals surface area contributed by atoms with E-state index in [0.717, 1.165) is 12.0 Å². The van der Waals surface area contributed by atoms with Gasteiger partial charge in [-0.25, -0.2) is 10.9 Å². The lowest BCUT2D eigenvalue weighted by molar-refractivity contribution is 0.340. The van der Waals surface area contributed by atoms with Crippen LogP contribution in [0, 0.1) is 6.92 Å². The highest BCUT2D eigenvalue weighted by Gasteiger charge is 2.30. The first-order valence-corrected chi connectivity index (χ1v) is 7.76. The van der Waals surface area contributed by atoms with Crippen LogP contribution in [0.5, 0.6) is 0 Å². The Hall–Kier alpha value is -2.50. The standard InChI is InChI=1S/C18H18N4O/c1-12-6-5-9-14(10-12)17-19-18(23-22-17)16-11-15(20-21-16)13-7-3-2-4-8-13/h2-10,15-16,20-21H,11H2,1H3. The molecule has 23 heavy (non-hydrogen) atoms. The molecule has 5 heteroatoms. The second kappa shape index (κ2) is 5.95. The Kier molecular flexibility index (Phi) is 3.65. The van der Waals surface area contributed by atoms with Gasteiger partial charge < -0.3 is 4.52 Å². The summed E-state index contributed by atoms with van der Waals surface area (Å²) in [5.74, 6) is 1.25. The van der Waals surface area contributed by atoms with Gasteiger partial charge in [-0.1, -0.05) is 59.3 Å². The number of hydrogen-bond donors (Lipinski definition) is 2. The van der Waals surface area contributed by atoms with Crippen LogP contribution in [0.2, 0.25) is 0 Å². The topological polar surface area (TPSA) is 63.0 Å². The van der Waals surface area contributed by atoms with Gasteiger partial charge in [0.2, 0.25) is 11.7 Å². The van der Waals surface area contributed by atoms with Crippen molar-refractivity contribution in [3.05, 3.63) is 71.6 Å². The van der Waals surface area contributed by atoms with Crippen LogP contribution in [-0.2, 0) is 0 Å². The summed E-state index contributed by atoms with van der Waals surface area (Å²) in [6, 6.07) is 18.7. The van der Waals surface area contributed by atoms with E-state index in [-0.39, 0.29) is 12.1 Å². The third-order valence-corrected chi connectivity index (χ3v) is 4.12. The first-order valence-electron chi connectivity index (χ1n) is 7.76. The van der Waals surface area contributed by atoms with E-state index in [4.69, 9.17) is 4.52 Å². The van der Waals surface area contributed by atoms with Crippen molar-refractivity contribution in [2.75, 3.05) is 0 Å². The number of nitrogens with zero attached hydrogens (tertiary/aromatic N) is 2. The van der Waals surface area contributed by atoms with Crippen LogP contribution in [0.15, 0.2) is 59.1 Å². The normalized spacial score (nSPS) is 20.7.